The molecule has 0 atom stereocenters. The molecular weight excluding hydrogens is 399 g/mol. The van der Waals surface area contributed by atoms with Gasteiger partial charge in [0.15, 0.2) is 0 Å². The number of aromatic nitrogens is 4. The lowest BCUT2D eigenvalue weighted by Crippen LogP contribution is -2.23. The van der Waals surface area contributed by atoms with Crippen LogP contribution in [-0.4, -0.2) is 26.9 Å². The van der Waals surface area contributed by atoms with Gasteiger partial charge in [-0.2, -0.15) is 9.36 Å². The summed E-state index contributed by atoms with van der Waals surface area (Å²) in [6.45, 7) is 2.10. The molecule has 0 unspecified atom stereocenters. The molecule has 1 heterocycles. The molecule has 0 bridgehead atoms. The molecule has 7 nitrogen and oxygen atoms in total. The van der Waals surface area contributed by atoms with Gasteiger partial charge in [-0.15, -0.1) is 0 Å². The molecular formula is C23H21FN4O3. The van der Waals surface area contributed by atoms with Gasteiger partial charge in [-0.3, -0.25) is 0 Å². The van der Waals surface area contributed by atoms with E-state index in [4.69, 9.17) is 9.47 Å². The molecule has 0 saturated heterocycles. The van der Waals surface area contributed by atoms with Crippen LogP contribution < -0.4 is 15.2 Å². The fraction of sp³-hybridized carbons (Fsp3) is 0.174. The minimum Gasteiger partial charge on any atom is -0.497 e. The lowest BCUT2D eigenvalue weighted by Gasteiger charge is -2.14. The number of benzene rings is 3. The first kappa shape index (κ1) is 20.3. The molecule has 0 aliphatic heterocycles. The molecule has 3 aromatic carbocycles. The van der Waals surface area contributed by atoms with Gasteiger partial charge in [0.05, 0.1) is 12.8 Å². The van der Waals surface area contributed by atoms with Gasteiger partial charge < -0.3 is 9.47 Å². The van der Waals surface area contributed by atoms with E-state index in [0.29, 0.717) is 28.3 Å². The van der Waals surface area contributed by atoms with Crippen LogP contribution in [0.15, 0.2) is 65.5 Å². The average molecular weight is 420 g/mol. The SMILES string of the molecule is COc1cccc(-c2cc(OCc3c(C)cccc3-n3nnn(C)c3=O)ccc2F)c1. The number of methoxy groups -OCH3 is 1. The normalized spacial score (nSPS) is 10.8. The lowest BCUT2D eigenvalue weighted by atomic mass is 10.0. The van der Waals surface area contributed by atoms with Crippen LogP contribution in [0, 0.1) is 12.7 Å². The zero-order chi connectivity index (χ0) is 22.0. The van der Waals surface area contributed by atoms with E-state index in [0.717, 1.165) is 15.8 Å². The van der Waals surface area contributed by atoms with Crippen LogP contribution in [0.2, 0.25) is 0 Å². The monoisotopic (exact) mass is 420 g/mol. The largest absolute Gasteiger partial charge is 0.497 e. The molecule has 31 heavy (non-hydrogen) atoms. The van der Waals surface area contributed by atoms with Crippen molar-refractivity contribution in [1.82, 2.24) is 19.8 Å². The fourth-order valence-corrected chi connectivity index (χ4v) is 3.30. The summed E-state index contributed by atoms with van der Waals surface area (Å²) < 4.78 is 28.1. The molecule has 0 aliphatic carbocycles. The maximum Gasteiger partial charge on any atom is 0.368 e. The van der Waals surface area contributed by atoms with Gasteiger partial charge in [0.2, 0.25) is 0 Å². The fourth-order valence-electron chi connectivity index (χ4n) is 3.30. The van der Waals surface area contributed by atoms with Crippen LogP contribution in [0.5, 0.6) is 11.5 Å². The van der Waals surface area contributed by atoms with Gasteiger partial charge in [0, 0.05) is 18.2 Å². The van der Waals surface area contributed by atoms with E-state index in [1.807, 2.05) is 25.1 Å². The summed E-state index contributed by atoms with van der Waals surface area (Å²) in [5, 5.41) is 7.70. The zero-order valence-corrected chi connectivity index (χ0v) is 17.4. The number of aryl methyl sites for hydroxylation is 2. The Morgan fingerprint density at radius 1 is 1.00 bits per heavy atom. The summed E-state index contributed by atoms with van der Waals surface area (Å²) >= 11 is 0. The molecule has 0 aliphatic rings. The molecule has 4 rings (SSSR count). The summed E-state index contributed by atoms with van der Waals surface area (Å²) in [6.07, 6.45) is 0. The van der Waals surface area contributed by atoms with Crippen molar-refractivity contribution in [2.24, 2.45) is 7.05 Å². The molecule has 158 valence electrons. The molecule has 0 amide bonds. The predicted molar refractivity (Wildman–Crippen MR) is 114 cm³/mol. The van der Waals surface area contributed by atoms with Crippen molar-refractivity contribution in [3.05, 3.63) is 88.1 Å². The van der Waals surface area contributed by atoms with Gasteiger partial charge in [-0.05, 0) is 64.9 Å². The standard InChI is InChI=1S/C23H21FN4O3/c1-15-6-4-9-22(28-23(29)27(2)25-26-28)20(15)14-31-18-10-11-21(24)19(13-18)16-7-5-8-17(12-16)30-3/h4-13H,14H2,1-3H3. The number of nitrogens with zero attached hydrogens (tertiary/aromatic N) is 4. The molecule has 1 aromatic heterocycles. The maximum atomic E-state index is 14.5. The summed E-state index contributed by atoms with van der Waals surface area (Å²) in [4.78, 5) is 12.3. The second-order valence-electron chi connectivity index (χ2n) is 7.03. The predicted octanol–water partition coefficient (Wildman–Crippen LogP) is 3.67. The average Bonchev–Trinajstić information content (AvgIpc) is 3.12. The topological polar surface area (TPSA) is 71.2 Å². The van der Waals surface area contributed by atoms with Crippen molar-refractivity contribution in [2.75, 3.05) is 7.11 Å². The van der Waals surface area contributed by atoms with Gasteiger partial charge in [-0.25, -0.2) is 9.18 Å². The Bertz CT molecular complexity index is 1300. The minimum atomic E-state index is -0.358. The number of hydrogen-bond acceptors (Lipinski definition) is 5. The van der Waals surface area contributed by atoms with Gasteiger partial charge >= 0.3 is 5.69 Å². The van der Waals surface area contributed by atoms with Crippen LogP contribution in [0.3, 0.4) is 0 Å². The molecule has 0 radical (unpaired) electrons. The van der Waals surface area contributed by atoms with Crippen LogP contribution in [0.25, 0.3) is 16.8 Å². The van der Waals surface area contributed by atoms with Crippen LogP contribution in [0.1, 0.15) is 11.1 Å². The van der Waals surface area contributed by atoms with Crippen LogP contribution in [0.4, 0.5) is 4.39 Å². The van der Waals surface area contributed by atoms with Crippen LogP contribution in [-0.2, 0) is 13.7 Å². The first-order valence-electron chi connectivity index (χ1n) is 9.62. The Morgan fingerprint density at radius 3 is 2.55 bits per heavy atom. The van der Waals surface area contributed by atoms with Crippen molar-refractivity contribution in [3.63, 3.8) is 0 Å². The Hall–Kier alpha value is -3.94. The molecule has 0 fully saturated rings. The Morgan fingerprint density at radius 2 is 1.81 bits per heavy atom. The van der Waals surface area contributed by atoms with E-state index in [1.54, 1.807) is 43.5 Å². The highest BCUT2D eigenvalue weighted by Crippen LogP contribution is 2.30. The van der Waals surface area contributed by atoms with Gasteiger partial charge in [0.1, 0.15) is 23.9 Å². The second kappa shape index (κ2) is 8.43. The van der Waals surface area contributed by atoms with E-state index >= 15 is 0 Å². The third-order valence-corrected chi connectivity index (χ3v) is 5.04. The van der Waals surface area contributed by atoms with Gasteiger partial charge in [-0.1, -0.05) is 24.3 Å². The molecule has 0 spiro atoms. The zero-order valence-electron chi connectivity index (χ0n) is 17.4. The third kappa shape index (κ3) is 4.05. The smallest absolute Gasteiger partial charge is 0.368 e. The third-order valence-electron chi connectivity index (χ3n) is 5.04. The summed E-state index contributed by atoms with van der Waals surface area (Å²) in [5.41, 5.74) is 3.06. The number of tetrazole rings is 1. The number of ether oxygens (including phenoxy) is 2. The Balaban J connectivity index is 1.65. The van der Waals surface area contributed by atoms with Crippen LogP contribution >= 0.6 is 0 Å². The molecule has 4 aromatic rings. The Labute approximate surface area is 178 Å². The van der Waals surface area contributed by atoms with E-state index in [-0.39, 0.29) is 18.1 Å². The first-order chi connectivity index (χ1) is 15.0. The van der Waals surface area contributed by atoms with Gasteiger partial charge in [0.25, 0.3) is 0 Å². The number of halogens is 1. The molecule has 8 heteroatoms. The first-order valence-corrected chi connectivity index (χ1v) is 9.62. The van der Waals surface area contributed by atoms with Crippen molar-refractivity contribution < 1.29 is 13.9 Å². The highest BCUT2D eigenvalue weighted by atomic mass is 19.1. The van der Waals surface area contributed by atoms with E-state index in [1.165, 1.54) is 17.8 Å². The quantitative estimate of drug-likeness (QED) is 0.476. The highest BCUT2D eigenvalue weighted by Gasteiger charge is 2.14. The van der Waals surface area contributed by atoms with Crippen molar-refractivity contribution in [1.29, 1.82) is 0 Å². The summed E-state index contributed by atoms with van der Waals surface area (Å²) in [5.74, 6) is 0.783. The van der Waals surface area contributed by atoms with E-state index in [2.05, 4.69) is 10.4 Å². The number of hydrogen-bond donors (Lipinski definition) is 0. The maximum absolute atomic E-state index is 14.5. The van der Waals surface area contributed by atoms with E-state index in [9.17, 15) is 9.18 Å². The van der Waals surface area contributed by atoms with E-state index < -0.39 is 0 Å². The summed E-state index contributed by atoms with van der Waals surface area (Å²) in [6, 6.07) is 17.3. The lowest BCUT2D eigenvalue weighted by molar-refractivity contribution is 0.304. The Kier molecular flexibility index (Phi) is 5.53. The number of rotatable bonds is 6. The van der Waals surface area contributed by atoms with Crippen molar-refractivity contribution >= 4 is 0 Å². The van der Waals surface area contributed by atoms with Crippen molar-refractivity contribution in [2.45, 2.75) is 13.5 Å². The highest BCUT2D eigenvalue weighted by molar-refractivity contribution is 5.67. The molecule has 0 N–H and O–H groups in total. The van der Waals surface area contributed by atoms with Crippen molar-refractivity contribution in [3.8, 4) is 28.3 Å². The second-order valence-corrected chi connectivity index (χ2v) is 7.03. The summed E-state index contributed by atoms with van der Waals surface area (Å²) in [7, 11) is 3.10. The minimum absolute atomic E-state index is 0.175. The molecule has 0 saturated carbocycles.